The van der Waals surface area contributed by atoms with Gasteiger partial charge in [0.1, 0.15) is 0 Å². The zero-order chi connectivity index (χ0) is 41.2. The van der Waals surface area contributed by atoms with Crippen molar-refractivity contribution in [2.24, 2.45) is 23.7 Å². The molecular formula is C61H51N. The summed E-state index contributed by atoms with van der Waals surface area (Å²) in [7, 11) is 0. The molecule has 4 fully saturated rings. The zero-order valence-electron chi connectivity index (χ0n) is 35.7. The summed E-state index contributed by atoms with van der Waals surface area (Å²) in [6, 6.07) is 71.6. The second-order valence-electron chi connectivity index (χ2n) is 19.8. The lowest BCUT2D eigenvalue weighted by molar-refractivity contribution is -0.0399. The Balaban J connectivity index is 1.06. The number of benzene rings is 8. The Kier molecular flexibility index (Phi) is 7.91. The summed E-state index contributed by atoms with van der Waals surface area (Å²) < 4.78 is 0. The molecule has 0 aliphatic heterocycles. The highest BCUT2D eigenvalue weighted by Gasteiger charge is 2.61. The summed E-state index contributed by atoms with van der Waals surface area (Å²) in [4.78, 5) is 2.57. The van der Waals surface area contributed by atoms with Gasteiger partial charge >= 0.3 is 0 Å². The first-order chi connectivity index (χ1) is 30.4. The number of hydrogen-bond acceptors (Lipinski definition) is 1. The van der Waals surface area contributed by atoms with Crippen LogP contribution in [0.5, 0.6) is 0 Å². The van der Waals surface area contributed by atoms with E-state index in [0.29, 0.717) is 11.8 Å². The first-order valence-electron chi connectivity index (χ1n) is 23.1. The molecule has 1 heteroatoms. The Morgan fingerprint density at radius 1 is 0.339 bits per heavy atom. The van der Waals surface area contributed by atoms with Crippen LogP contribution in [0, 0.1) is 23.7 Å². The van der Waals surface area contributed by atoms with Crippen molar-refractivity contribution in [2.75, 3.05) is 4.90 Å². The fourth-order valence-corrected chi connectivity index (χ4v) is 13.8. The van der Waals surface area contributed by atoms with Crippen molar-refractivity contribution in [2.45, 2.75) is 56.8 Å². The van der Waals surface area contributed by atoms with Gasteiger partial charge in [-0.15, -0.1) is 0 Å². The number of hydrogen-bond donors (Lipinski definition) is 0. The average Bonchev–Trinajstić information content (AvgIpc) is 3.73. The summed E-state index contributed by atoms with van der Waals surface area (Å²) >= 11 is 0. The van der Waals surface area contributed by atoms with Gasteiger partial charge in [0.15, 0.2) is 0 Å². The largest absolute Gasteiger partial charge is 0.310 e. The number of nitrogens with zero attached hydrogens (tertiary/aromatic N) is 1. The molecule has 8 aromatic rings. The molecule has 6 aliphatic carbocycles. The summed E-state index contributed by atoms with van der Waals surface area (Å²) in [5, 5.41) is 0. The molecule has 0 unspecified atom stereocenters. The Bertz CT molecular complexity index is 2960. The molecule has 4 bridgehead atoms. The van der Waals surface area contributed by atoms with Gasteiger partial charge in [0.2, 0.25) is 0 Å². The predicted molar refractivity (Wildman–Crippen MR) is 258 cm³/mol. The van der Waals surface area contributed by atoms with Crippen LogP contribution in [0.1, 0.15) is 68.2 Å². The van der Waals surface area contributed by atoms with E-state index in [1.165, 1.54) is 116 Å². The van der Waals surface area contributed by atoms with Crippen molar-refractivity contribution in [3.63, 3.8) is 0 Å². The zero-order valence-corrected chi connectivity index (χ0v) is 35.7. The molecule has 0 amide bonds. The Hall–Kier alpha value is -6.44. The van der Waals surface area contributed by atoms with Crippen LogP contribution in [-0.4, -0.2) is 0 Å². The molecule has 62 heavy (non-hydrogen) atoms. The SMILES string of the molecule is CC1(C)c2ccccc2-c2ccc(N(c3cc(-c4ccccc4)cc(-c4ccccc4)c3)c3ccc4c(c3)-c3cc(-c5ccccc5)ccc3C43C4CC5CC(C4)CC3C5)cc21. The first-order valence-corrected chi connectivity index (χ1v) is 23.1. The highest BCUT2D eigenvalue weighted by atomic mass is 15.1. The molecule has 0 aromatic heterocycles. The maximum absolute atomic E-state index is 2.59. The lowest BCUT2D eigenvalue weighted by Gasteiger charge is -2.61. The molecule has 6 aliphatic rings. The molecule has 1 nitrogen and oxygen atoms in total. The van der Waals surface area contributed by atoms with E-state index in [-0.39, 0.29) is 10.8 Å². The fraction of sp³-hybridized carbons (Fsp3) is 0.213. The normalized spacial score (nSPS) is 22.9. The number of rotatable bonds is 6. The van der Waals surface area contributed by atoms with Gasteiger partial charge in [-0.1, -0.05) is 153 Å². The maximum atomic E-state index is 2.59. The van der Waals surface area contributed by atoms with Crippen molar-refractivity contribution in [3.05, 3.63) is 210 Å². The van der Waals surface area contributed by atoms with Crippen molar-refractivity contribution in [1.82, 2.24) is 0 Å². The van der Waals surface area contributed by atoms with E-state index >= 15 is 0 Å². The molecule has 8 aromatic carbocycles. The smallest absolute Gasteiger partial charge is 0.0473 e. The van der Waals surface area contributed by atoms with Crippen molar-refractivity contribution in [3.8, 4) is 55.6 Å². The average molecular weight is 798 g/mol. The summed E-state index contributed by atoms with van der Waals surface area (Å²) in [6.45, 7) is 4.80. The molecule has 4 saturated carbocycles. The fourth-order valence-electron chi connectivity index (χ4n) is 13.8. The second-order valence-corrected chi connectivity index (χ2v) is 19.8. The van der Waals surface area contributed by atoms with Gasteiger partial charge in [-0.2, -0.15) is 0 Å². The highest BCUT2D eigenvalue weighted by molar-refractivity contribution is 5.92. The first kappa shape index (κ1) is 36.2. The monoisotopic (exact) mass is 797 g/mol. The topological polar surface area (TPSA) is 3.24 Å². The van der Waals surface area contributed by atoms with E-state index in [1.807, 2.05) is 0 Å². The van der Waals surface area contributed by atoms with E-state index in [0.717, 1.165) is 11.8 Å². The highest BCUT2D eigenvalue weighted by Crippen LogP contribution is 2.70. The van der Waals surface area contributed by atoms with Gasteiger partial charge in [0, 0.05) is 27.9 Å². The molecule has 0 N–H and O–H groups in total. The Labute approximate surface area is 366 Å². The molecule has 300 valence electrons. The van der Waals surface area contributed by atoms with Crippen LogP contribution in [-0.2, 0) is 10.8 Å². The minimum atomic E-state index is -0.120. The quantitative estimate of drug-likeness (QED) is 0.162. The van der Waals surface area contributed by atoms with Crippen molar-refractivity contribution < 1.29 is 0 Å². The molecule has 0 atom stereocenters. The van der Waals surface area contributed by atoms with Gasteiger partial charge in [-0.25, -0.2) is 0 Å². The van der Waals surface area contributed by atoms with Crippen molar-refractivity contribution in [1.29, 1.82) is 0 Å². The summed E-state index contributed by atoms with van der Waals surface area (Å²) in [5.41, 5.74) is 22.5. The second kappa shape index (κ2) is 13.5. The lowest BCUT2D eigenvalue weighted by atomic mass is 9.43. The van der Waals surface area contributed by atoms with Crippen molar-refractivity contribution >= 4 is 17.1 Å². The standard InChI is InChI=1S/C61H51N/c1-60(2)56-21-13-12-20-52(56)53-25-23-50(38-59(53)60)62(51-34-45(42-16-8-4-9-17-42)33-46(35-51)43-18-10-5-11-19-43)49-24-27-58-55(37-49)54-36-44(41-14-6-3-7-15-41)22-26-57(54)61(58)47-29-39-28-40(31-47)32-48(61)30-39/h3-27,33-40,47-48H,28-32H2,1-2H3. The Morgan fingerprint density at radius 3 is 1.47 bits per heavy atom. The molecule has 14 rings (SSSR count). The summed E-state index contributed by atoms with van der Waals surface area (Å²) in [6.07, 6.45) is 6.97. The van der Waals surface area contributed by atoms with E-state index in [1.54, 1.807) is 11.1 Å². The van der Waals surface area contributed by atoms with Gasteiger partial charge in [-0.05, 0) is 182 Å². The van der Waals surface area contributed by atoms with Crippen LogP contribution in [0.15, 0.2) is 188 Å². The van der Waals surface area contributed by atoms with Gasteiger partial charge in [0.05, 0.1) is 0 Å². The van der Waals surface area contributed by atoms with E-state index in [2.05, 4.69) is 207 Å². The maximum Gasteiger partial charge on any atom is 0.0473 e. The molecule has 1 spiro atoms. The third-order valence-corrected chi connectivity index (χ3v) is 16.2. The van der Waals surface area contributed by atoms with Crippen LogP contribution in [0.25, 0.3) is 55.6 Å². The van der Waals surface area contributed by atoms with E-state index < -0.39 is 0 Å². The van der Waals surface area contributed by atoms with Crippen LogP contribution < -0.4 is 4.90 Å². The third kappa shape index (κ3) is 5.27. The minimum absolute atomic E-state index is 0.0910. The molecule has 0 saturated heterocycles. The molecule has 0 heterocycles. The Morgan fingerprint density at radius 2 is 0.839 bits per heavy atom. The van der Waals surface area contributed by atoms with Crippen LogP contribution >= 0.6 is 0 Å². The van der Waals surface area contributed by atoms with E-state index in [4.69, 9.17) is 0 Å². The van der Waals surface area contributed by atoms with Crippen LogP contribution in [0.3, 0.4) is 0 Å². The predicted octanol–water partition coefficient (Wildman–Crippen LogP) is 16.2. The van der Waals surface area contributed by atoms with Gasteiger partial charge in [0.25, 0.3) is 0 Å². The number of anilines is 3. The summed E-state index contributed by atoms with van der Waals surface area (Å²) in [5.74, 6) is 3.22. The van der Waals surface area contributed by atoms with Crippen LogP contribution in [0.2, 0.25) is 0 Å². The lowest BCUT2D eigenvalue weighted by Crippen LogP contribution is -2.55. The molecule has 0 radical (unpaired) electrons. The minimum Gasteiger partial charge on any atom is -0.310 e. The van der Waals surface area contributed by atoms with Gasteiger partial charge in [-0.3, -0.25) is 0 Å². The number of fused-ring (bicyclic) bond motifs is 6. The van der Waals surface area contributed by atoms with Crippen LogP contribution in [0.4, 0.5) is 17.1 Å². The van der Waals surface area contributed by atoms with Gasteiger partial charge < -0.3 is 4.90 Å². The third-order valence-electron chi connectivity index (χ3n) is 16.2. The van der Waals surface area contributed by atoms with E-state index in [9.17, 15) is 0 Å². The molecular weight excluding hydrogens is 747 g/mol.